The van der Waals surface area contributed by atoms with E-state index >= 15 is 0 Å². The molecule has 6 heteroatoms. The largest absolute Gasteiger partial charge is 0.478 e. The van der Waals surface area contributed by atoms with Crippen LogP contribution in [0.1, 0.15) is 10.4 Å². The number of hydrogen-bond acceptors (Lipinski definition) is 5. The SMILES string of the molecule is O=C(O)c1cccc(Nc2nc(-c3cccs3)cs2)c1. The van der Waals surface area contributed by atoms with Gasteiger partial charge in [0, 0.05) is 11.1 Å². The first-order valence-electron chi connectivity index (χ1n) is 5.82. The zero-order chi connectivity index (χ0) is 13.9. The van der Waals surface area contributed by atoms with Gasteiger partial charge in [-0.3, -0.25) is 0 Å². The van der Waals surface area contributed by atoms with E-state index in [2.05, 4.69) is 10.3 Å². The van der Waals surface area contributed by atoms with E-state index in [9.17, 15) is 4.79 Å². The smallest absolute Gasteiger partial charge is 0.335 e. The Morgan fingerprint density at radius 3 is 2.85 bits per heavy atom. The van der Waals surface area contributed by atoms with E-state index in [0.29, 0.717) is 0 Å². The number of anilines is 2. The van der Waals surface area contributed by atoms with Crippen LogP contribution in [0.25, 0.3) is 10.6 Å². The number of carboxylic acids is 1. The molecule has 0 radical (unpaired) electrons. The number of benzene rings is 1. The zero-order valence-electron chi connectivity index (χ0n) is 10.2. The number of nitrogens with one attached hydrogen (secondary N) is 1. The maximum absolute atomic E-state index is 10.9. The monoisotopic (exact) mass is 302 g/mol. The fourth-order valence-electron chi connectivity index (χ4n) is 1.72. The molecule has 4 nitrogen and oxygen atoms in total. The molecule has 2 heterocycles. The Labute approximate surface area is 123 Å². The van der Waals surface area contributed by atoms with Gasteiger partial charge < -0.3 is 10.4 Å². The Balaban J connectivity index is 1.81. The summed E-state index contributed by atoms with van der Waals surface area (Å²) in [6.07, 6.45) is 0. The molecule has 0 aliphatic carbocycles. The number of hydrogen-bond donors (Lipinski definition) is 2. The van der Waals surface area contributed by atoms with Gasteiger partial charge in [0.1, 0.15) is 0 Å². The molecular weight excluding hydrogens is 292 g/mol. The summed E-state index contributed by atoms with van der Waals surface area (Å²) >= 11 is 3.13. The predicted molar refractivity (Wildman–Crippen MR) is 82.1 cm³/mol. The molecule has 20 heavy (non-hydrogen) atoms. The van der Waals surface area contributed by atoms with Crippen molar-refractivity contribution in [3.05, 3.63) is 52.7 Å². The van der Waals surface area contributed by atoms with Crippen LogP contribution in [0.15, 0.2) is 47.2 Å². The molecule has 3 aromatic rings. The number of carboxylic acid groups (broad SMARTS) is 1. The van der Waals surface area contributed by atoms with Gasteiger partial charge in [0.25, 0.3) is 0 Å². The van der Waals surface area contributed by atoms with Crippen molar-refractivity contribution >= 4 is 39.5 Å². The average molecular weight is 302 g/mol. The van der Waals surface area contributed by atoms with E-state index < -0.39 is 5.97 Å². The van der Waals surface area contributed by atoms with Crippen molar-refractivity contribution in [3.8, 4) is 10.6 Å². The number of thiazole rings is 1. The Morgan fingerprint density at radius 2 is 2.10 bits per heavy atom. The van der Waals surface area contributed by atoms with Crippen molar-refractivity contribution in [1.82, 2.24) is 4.98 Å². The summed E-state index contributed by atoms with van der Waals surface area (Å²) in [4.78, 5) is 16.5. The third-order valence-electron chi connectivity index (χ3n) is 2.64. The van der Waals surface area contributed by atoms with Gasteiger partial charge in [0.2, 0.25) is 0 Å². The number of rotatable bonds is 4. The molecule has 0 fully saturated rings. The van der Waals surface area contributed by atoms with Crippen LogP contribution < -0.4 is 5.32 Å². The molecule has 2 N–H and O–H groups in total. The summed E-state index contributed by atoms with van der Waals surface area (Å²) < 4.78 is 0. The molecule has 0 bridgehead atoms. The minimum Gasteiger partial charge on any atom is -0.478 e. The maximum atomic E-state index is 10.9. The van der Waals surface area contributed by atoms with Gasteiger partial charge in [-0.25, -0.2) is 9.78 Å². The van der Waals surface area contributed by atoms with Crippen LogP contribution >= 0.6 is 22.7 Å². The molecule has 0 aliphatic heterocycles. The molecule has 3 rings (SSSR count). The van der Waals surface area contributed by atoms with Crippen molar-refractivity contribution in [2.45, 2.75) is 0 Å². The van der Waals surface area contributed by atoms with Gasteiger partial charge in [-0.05, 0) is 29.6 Å². The summed E-state index contributed by atoms with van der Waals surface area (Å²) in [5, 5.41) is 16.8. The summed E-state index contributed by atoms with van der Waals surface area (Å²) in [7, 11) is 0. The Hall–Kier alpha value is -2.18. The summed E-state index contributed by atoms with van der Waals surface area (Å²) in [6, 6.07) is 10.7. The van der Waals surface area contributed by atoms with Crippen molar-refractivity contribution in [3.63, 3.8) is 0 Å². The minimum absolute atomic E-state index is 0.255. The third kappa shape index (κ3) is 2.71. The van der Waals surface area contributed by atoms with E-state index in [1.807, 2.05) is 29.0 Å². The number of carbonyl (C=O) groups is 1. The molecule has 0 unspecified atom stereocenters. The number of aromatic carboxylic acids is 1. The normalized spacial score (nSPS) is 10.4. The summed E-state index contributed by atoms with van der Waals surface area (Å²) in [5.41, 5.74) is 1.91. The summed E-state index contributed by atoms with van der Waals surface area (Å²) in [6.45, 7) is 0. The Bertz CT molecular complexity index is 735. The van der Waals surface area contributed by atoms with Gasteiger partial charge in [-0.1, -0.05) is 12.1 Å². The average Bonchev–Trinajstić information content (AvgIpc) is 3.09. The topological polar surface area (TPSA) is 62.2 Å². The molecular formula is C14H10N2O2S2. The highest BCUT2D eigenvalue weighted by molar-refractivity contribution is 7.16. The fourth-order valence-corrected chi connectivity index (χ4v) is 3.21. The lowest BCUT2D eigenvalue weighted by molar-refractivity contribution is 0.0697. The van der Waals surface area contributed by atoms with Gasteiger partial charge in [-0.15, -0.1) is 22.7 Å². The van der Waals surface area contributed by atoms with Crippen LogP contribution in [0.3, 0.4) is 0 Å². The molecule has 0 spiro atoms. The highest BCUT2D eigenvalue weighted by Crippen LogP contribution is 2.29. The minimum atomic E-state index is -0.938. The van der Waals surface area contributed by atoms with E-state index in [4.69, 9.17) is 5.11 Å². The van der Waals surface area contributed by atoms with Gasteiger partial charge in [0.15, 0.2) is 5.13 Å². The van der Waals surface area contributed by atoms with Crippen molar-refractivity contribution < 1.29 is 9.90 Å². The Kier molecular flexibility index (Phi) is 3.49. The highest BCUT2D eigenvalue weighted by atomic mass is 32.1. The third-order valence-corrected chi connectivity index (χ3v) is 4.29. The predicted octanol–water partition coefficient (Wildman–Crippen LogP) is 4.31. The highest BCUT2D eigenvalue weighted by Gasteiger charge is 2.07. The first-order chi connectivity index (χ1) is 9.72. The molecule has 0 saturated heterocycles. The molecule has 0 aliphatic rings. The van der Waals surface area contributed by atoms with Crippen LogP contribution in [0.4, 0.5) is 10.8 Å². The van der Waals surface area contributed by atoms with Crippen LogP contribution in [-0.2, 0) is 0 Å². The van der Waals surface area contributed by atoms with Crippen LogP contribution in [0.2, 0.25) is 0 Å². The van der Waals surface area contributed by atoms with Crippen molar-refractivity contribution in [1.29, 1.82) is 0 Å². The van der Waals surface area contributed by atoms with Crippen LogP contribution in [-0.4, -0.2) is 16.1 Å². The second-order valence-electron chi connectivity index (χ2n) is 4.03. The zero-order valence-corrected chi connectivity index (χ0v) is 11.9. The quantitative estimate of drug-likeness (QED) is 0.753. The number of nitrogens with zero attached hydrogens (tertiary/aromatic N) is 1. The number of thiophene rings is 1. The number of aromatic nitrogens is 1. The second kappa shape index (κ2) is 5.44. The molecule has 2 aromatic heterocycles. The van der Waals surface area contributed by atoms with Gasteiger partial charge >= 0.3 is 5.97 Å². The summed E-state index contributed by atoms with van der Waals surface area (Å²) in [5.74, 6) is -0.938. The molecule has 1 aromatic carbocycles. The molecule has 0 amide bonds. The van der Waals surface area contributed by atoms with Crippen molar-refractivity contribution in [2.75, 3.05) is 5.32 Å². The molecule has 0 saturated carbocycles. The van der Waals surface area contributed by atoms with E-state index in [1.54, 1.807) is 29.5 Å². The fraction of sp³-hybridized carbons (Fsp3) is 0. The van der Waals surface area contributed by atoms with E-state index in [1.165, 1.54) is 11.3 Å². The van der Waals surface area contributed by atoms with Crippen LogP contribution in [0.5, 0.6) is 0 Å². The van der Waals surface area contributed by atoms with Gasteiger partial charge in [0.05, 0.1) is 16.1 Å². The maximum Gasteiger partial charge on any atom is 0.335 e. The standard InChI is InChI=1S/C14H10N2O2S2/c17-13(18)9-3-1-4-10(7-9)15-14-16-11(8-20-14)12-5-2-6-19-12/h1-8H,(H,15,16)(H,17,18). The molecule has 0 atom stereocenters. The van der Waals surface area contributed by atoms with Crippen molar-refractivity contribution in [2.24, 2.45) is 0 Å². The van der Waals surface area contributed by atoms with E-state index in [-0.39, 0.29) is 5.56 Å². The lowest BCUT2D eigenvalue weighted by Crippen LogP contribution is -1.97. The first-order valence-corrected chi connectivity index (χ1v) is 7.58. The van der Waals surface area contributed by atoms with Gasteiger partial charge in [-0.2, -0.15) is 0 Å². The molecule has 100 valence electrons. The lowest BCUT2D eigenvalue weighted by Gasteiger charge is -2.03. The van der Waals surface area contributed by atoms with Crippen LogP contribution in [0, 0.1) is 0 Å². The Morgan fingerprint density at radius 1 is 1.20 bits per heavy atom. The second-order valence-corrected chi connectivity index (χ2v) is 5.83. The first kappa shape index (κ1) is 12.8. The van der Waals surface area contributed by atoms with E-state index in [0.717, 1.165) is 21.4 Å². The lowest BCUT2D eigenvalue weighted by atomic mass is 10.2.